The van der Waals surface area contributed by atoms with E-state index in [-0.39, 0.29) is 11.6 Å². The van der Waals surface area contributed by atoms with Crippen LogP contribution in [-0.4, -0.2) is 15.7 Å². The first-order valence-corrected chi connectivity index (χ1v) is 9.08. The number of halogens is 2. The van der Waals surface area contributed by atoms with Gasteiger partial charge in [0.15, 0.2) is 5.82 Å². The van der Waals surface area contributed by atoms with Crippen molar-refractivity contribution in [3.8, 4) is 11.4 Å². The molecule has 2 aromatic carbocycles. The Morgan fingerprint density at radius 2 is 1.63 bits per heavy atom. The molecule has 0 N–H and O–H groups in total. The van der Waals surface area contributed by atoms with Gasteiger partial charge in [0.05, 0.1) is 11.6 Å². The zero-order valence-electron chi connectivity index (χ0n) is 15.0. The normalized spacial score (nSPS) is 16.4. The highest BCUT2D eigenvalue weighted by atomic mass is 19.1. The van der Waals surface area contributed by atoms with E-state index < -0.39 is 11.6 Å². The van der Waals surface area contributed by atoms with Crippen LogP contribution >= 0.6 is 0 Å². The lowest BCUT2D eigenvalue weighted by Gasteiger charge is -2.08. The molecule has 5 heteroatoms. The number of aromatic nitrogens is 2. The van der Waals surface area contributed by atoms with Gasteiger partial charge in [0, 0.05) is 23.7 Å². The van der Waals surface area contributed by atoms with Gasteiger partial charge in [-0.3, -0.25) is 4.99 Å². The Balaban J connectivity index is 1.57. The van der Waals surface area contributed by atoms with Crippen molar-refractivity contribution in [1.29, 1.82) is 0 Å². The van der Waals surface area contributed by atoms with Crippen molar-refractivity contribution in [2.24, 2.45) is 4.99 Å². The van der Waals surface area contributed by atoms with Crippen molar-refractivity contribution in [2.45, 2.75) is 32.2 Å². The minimum Gasteiger partial charge on any atom is -0.281 e. The fourth-order valence-corrected chi connectivity index (χ4v) is 3.34. The fourth-order valence-electron chi connectivity index (χ4n) is 3.34. The predicted octanol–water partition coefficient (Wildman–Crippen LogP) is 5.31. The smallest absolute Gasteiger partial charge is 0.159 e. The molecule has 0 spiro atoms. The Labute approximate surface area is 156 Å². The lowest BCUT2D eigenvalue weighted by molar-refractivity contribution is 0.578. The summed E-state index contributed by atoms with van der Waals surface area (Å²) >= 11 is 0. The van der Waals surface area contributed by atoms with Gasteiger partial charge in [-0.2, -0.15) is 0 Å². The van der Waals surface area contributed by atoms with Gasteiger partial charge in [-0.05, 0) is 42.5 Å². The molecule has 1 aliphatic heterocycles. The Morgan fingerprint density at radius 3 is 2.26 bits per heavy atom. The maximum atomic E-state index is 14.0. The first-order valence-electron chi connectivity index (χ1n) is 9.08. The van der Waals surface area contributed by atoms with Gasteiger partial charge >= 0.3 is 0 Å². The largest absolute Gasteiger partial charge is 0.281 e. The monoisotopic (exact) mass is 363 g/mol. The summed E-state index contributed by atoms with van der Waals surface area (Å²) in [6, 6.07) is 11.7. The van der Waals surface area contributed by atoms with E-state index in [1.54, 1.807) is 0 Å². The summed E-state index contributed by atoms with van der Waals surface area (Å²) in [5.74, 6) is -0.433. The van der Waals surface area contributed by atoms with Crippen LogP contribution in [0.1, 0.15) is 42.5 Å². The van der Waals surface area contributed by atoms with Crippen LogP contribution in [0.15, 0.2) is 59.9 Å². The molecular weight excluding hydrogens is 344 g/mol. The van der Waals surface area contributed by atoms with Crippen LogP contribution in [0, 0.1) is 11.6 Å². The van der Waals surface area contributed by atoms with Crippen molar-refractivity contribution in [3.63, 3.8) is 0 Å². The van der Waals surface area contributed by atoms with Gasteiger partial charge in [0.1, 0.15) is 11.6 Å². The number of rotatable bonds is 4. The van der Waals surface area contributed by atoms with E-state index in [2.05, 4.69) is 21.9 Å². The third-order valence-corrected chi connectivity index (χ3v) is 4.88. The lowest BCUT2D eigenvalue weighted by atomic mass is 10.0. The Kier molecular flexibility index (Phi) is 4.75. The highest BCUT2D eigenvalue weighted by Crippen LogP contribution is 2.33. The zero-order valence-corrected chi connectivity index (χ0v) is 15.0. The second-order valence-electron chi connectivity index (χ2n) is 6.62. The van der Waals surface area contributed by atoms with E-state index in [1.165, 1.54) is 18.2 Å². The number of aliphatic imine (C=N–C) groups is 1. The summed E-state index contributed by atoms with van der Waals surface area (Å²) in [5, 5.41) is 0. The molecule has 3 nitrogen and oxygen atoms in total. The number of hydrogen-bond donors (Lipinski definition) is 0. The Hall–Kier alpha value is -2.95. The third-order valence-electron chi connectivity index (χ3n) is 4.88. The van der Waals surface area contributed by atoms with E-state index in [0.717, 1.165) is 29.5 Å². The van der Waals surface area contributed by atoms with Gasteiger partial charge < -0.3 is 0 Å². The SMILES string of the molecule is CCc1cnc(-c2ccc(C3CCC(c4c(F)cccc4F)=N3)cc2)nc1. The van der Waals surface area contributed by atoms with E-state index in [1.807, 2.05) is 36.7 Å². The summed E-state index contributed by atoms with van der Waals surface area (Å²) in [4.78, 5) is 13.4. The first-order chi connectivity index (χ1) is 13.2. The Morgan fingerprint density at radius 1 is 0.963 bits per heavy atom. The average Bonchev–Trinajstić information content (AvgIpc) is 3.18. The maximum absolute atomic E-state index is 14.0. The maximum Gasteiger partial charge on any atom is 0.159 e. The Bertz CT molecular complexity index is 959. The highest BCUT2D eigenvalue weighted by molar-refractivity contribution is 6.02. The molecule has 1 aliphatic rings. The van der Waals surface area contributed by atoms with E-state index in [4.69, 9.17) is 0 Å². The summed E-state index contributed by atoms with van der Waals surface area (Å²) < 4.78 is 28.0. The van der Waals surface area contributed by atoms with E-state index in [9.17, 15) is 8.78 Å². The van der Waals surface area contributed by atoms with Crippen molar-refractivity contribution in [2.75, 3.05) is 0 Å². The number of nitrogens with zero attached hydrogens (tertiary/aromatic N) is 3. The molecule has 0 aliphatic carbocycles. The van der Waals surface area contributed by atoms with Crippen LogP contribution in [0.5, 0.6) is 0 Å². The van der Waals surface area contributed by atoms with E-state index in [0.29, 0.717) is 18.0 Å². The molecule has 27 heavy (non-hydrogen) atoms. The van der Waals surface area contributed by atoms with Crippen LogP contribution in [-0.2, 0) is 6.42 Å². The average molecular weight is 363 g/mol. The van der Waals surface area contributed by atoms with Crippen LogP contribution in [0.2, 0.25) is 0 Å². The molecule has 2 heterocycles. The van der Waals surface area contributed by atoms with Crippen LogP contribution < -0.4 is 0 Å². The second-order valence-corrected chi connectivity index (χ2v) is 6.62. The van der Waals surface area contributed by atoms with E-state index >= 15 is 0 Å². The molecule has 0 bridgehead atoms. The molecule has 0 radical (unpaired) electrons. The van der Waals surface area contributed by atoms with Gasteiger partial charge in [-0.25, -0.2) is 18.7 Å². The molecule has 136 valence electrons. The molecule has 1 aromatic heterocycles. The highest BCUT2D eigenvalue weighted by Gasteiger charge is 2.24. The molecule has 0 amide bonds. The lowest BCUT2D eigenvalue weighted by Crippen LogP contribution is -2.03. The van der Waals surface area contributed by atoms with Crippen molar-refractivity contribution >= 4 is 5.71 Å². The summed E-state index contributed by atoms with van der Waals surface area (Å²) in [7, 11) is 0. The molecule has 0 fully saturated rings. The summed E-state index contributed by atoms with van der Waals surface area (Å²) in [6.45, 7) is 2.07. The minimum absolute atomic E-state index is 0.000957. The molecule has 4 rings (SSSR count). The fraction of sp³-hybridized carbons (Fsp3) is 0.227. The number of aryl methyl sites for hydroxylation is 1. The second kappa shape index (κ2) is 7.35. The van der Waals surface area contributed by atoms with Crippen molar-refractivity contribution in [3.05, 3.63) is 83.2 Å². The van der Waals surface area contributed by atoms with Crippen LogP contribution in [0.3, 0.4) is 0 Å². The van der Waals surface area contributed by atoms with Crippen LogP contribution in [0.25, 0.3) is 11.4 Å². The summed E-state index contributed by atoms with van der Waals surface area (Å²) in [6.07, 6.45) is 5.89. The number of benzene rings is 2. The van der Waals surface area contributed by atoms with Gasteiger partial charge in [-0.15, -0.1) is 0 Å². The molecule has 0 saturated heterocycles. The molecule has 1 atom stereocenters. The molecule has 3 aromatic rings. The van der Waals surface area contributed by atoms with Crippen LogP contribution in [0.4, 0.5) is 8.78 Å². The van der Waals surface area contributed by atoms with Gasteiger partial charge in [-0.1, -0.05) is 37.3 Å². The molecular formula is C22H19F2N3. The predicted molar refractivity (Wildman–Crippen MR) is 102 cm³/mol. The summed E-state index contributed by atoms with van der Waals surface area (Å²) in [5.41, 5.74) is 3.56. The topological polar surface area (TPSA) is 38.1 Å². The number of hydrogen-bond acceptors (Lipinski definition) is 3. The van der Waals surface area contributed by atoms with Gasteiger partial charge in [0.25, 0.3) is 0 Å². The molecule has 1 unspecified atom stereocenters. The zero-order chi connectivity index (χ0) is 18.8. The minimum atomic E-state index is -0.558. The molecule has 0 saturated carbocycles. The third kappa shape index (κ3) is 3.50. The van der Waals surface area contributed by atoms with Crippen molar-refractivity contribution < 1.29 is 8.78 Å². The quantitative estimate of drug-likeness (QED) is 0.630. The van der Waals surface area contributed by atoms with Gasteiger partial charge in [0.2, 0.25) is 0 Å². The standard InChI is InChI=1S/C22H19F2N3/c1-2-14-12-25-22(26-13-14)16-8-6-15(7-9-16)19-10-11-20(27-19)21-17(23)4-3-5-18(21)24/h3-9,12-13,19H,2,10-11H2,1H3. The van der Waals surface area contributed by atoms with Crippen molar-refractivity contribution in [1.82, 2.24) is 9.97 Å². The first kappa shape index (κ1) is 17.5.